The van der Waals surface area contributed by atoms with E-state index >= 15 is 0 Å². The van der Waals surface area contributed by atoms with Gasteiger partial charge in [-0.15, -0.1) is 0 Å². The Labute approximate surface area is 236 Å². The van der Waals surface area contributed by atoms with Crippen molar-refractivity contribution in [3.05, 3.63) is 110 Å². The molecule has 40 heavy (non-hydrogen) atoms. The molecule has 0 amide bonds. The third kappa shape index (κ3) is 6.12. The summed E-state index contributed by atoms with van der Waals surface area (Å²) in [5, 5.41) is 16.5. The number of aliphatic hydroxyl groups is 1. The molecule has 3 N–H and O–H groups in total. The highest BCUT2D eigenvalue weighted by Crippen LogP contribution is 2.41. The Bertz CT molecular complexity index is 1710. The quantitative estimate of drug-likeness (QED) is 0.282. The molecule has 10 heteroatoms. The zero-order valence-electron chi connectivity index (χ0n) is 21.0. The second-order valence-corrected chi connectivity index (χ2v) is 12.7. The van der Waals surface area contributed by atoms with E-state index < -0.39 is 38.5 Å². The maximum absolute atomic E-state index is 13.8. The highest BCUT2D eigenvalue weighted by atomic mass is 35.5. The average molecular weight is 589 g/mol. The van der Waals surface area contributed by atoms with Gasteiger partial charge in [0.2, 0.25) is 0 Å². The van der Waals surface area contributed by atoms with E-state index in [0.717, 1.165) is 18.4 Å². The van der Waals surface area contributed by atoms with Gasteiger partial charge in [-0.2, -0.15) is 0 Å². The van der Waals surface area contributed by atoms with Crippen molar-refractivity contribution in [3.8, 4) is 0 Å². The van der Waals surface area contributed by atoms with Gasteiger partial charge in [0.25, 0.3) is 5.56 Å². The Morgan fingerprint density at radius 1 is 1.05 bits per heavy atom. The minimum Gasteiger partial charge on any atom is -0.389 e. The molecule has 0 aliphatic carbocycles. The number of aromatic nitrogens is 1. The molecule has 2 heterocycles. The summed E-state index contributed by atoms with van der Waals surface area (Å²) >= 11 is 6.14. The minimum atomic E-state index is -3.48. The third-order valence-corrected chi connectivity index (χ3v) is 8.74. The largest absolute Gasteiger partial charge is 0.389 e. The summed E-state index contributed by atoms with van der Waals surface area (Å²) in [6.45, 7) is 0.429. The molecule has 1 aliphatic heterocycles. The van der Waals surface area contributed by atoms with Gasteiger partial charge in [0.1, 0.15) is 0 Å². The molecule has 1 aromatic heterocycles. The van der Waals surface area contributed by atoms with Gasteiger partial charge in [0.15, 0.2) is 21.5 Å². The van der Waals surface area contributed by atoms with Gasteiger partial charge in [-0.05, 0) is 90.9 Å². The van der Waals surface area contributed by atoms with Crippen LogP contribution in [-0.2, 0) is 16.3 Å². The van der Waals surface area contributed by atoms with Crippen LogP contribution in [0.25, 0.3) is 10.9 Å². The van der Waals surface area contributed by atoms with Crippen LogP contribution in [0, 0.1) is 11.6 Å². The first kappa shape index (κ1) is 29.9. The summed E-state index contributed by atoms with van der Waals surface area (Å²) in [7, 11) is -3.48. The molecule has 0 bridgehead atoms. The van der Waals surface area contributed by atoms with Crippen molar-refractivity contribution in [2.45, 2.75) is 49.1 Å². The fraction of sp³-hybridized carbons (Fsp3) is 0.300. The summed E-state index contributed by atoms with van der Waals surface area (Å²) in [5.74, 6) is -2.64. The molecule has 3 aromatic carbocycles. The van der Waals surface area contributed by atoms with E-state index in [1.54, 1.807) is 36.4 Å². The predicted octanol–water partition coefficient (Wildman–Crippen LogP) is 5.36. The van der Waals surface area contributed by atoms with Crippen LogP contribution in [0.3, 0.4) is 0 Å². The highest BCUT2D eigenvalue weighted by molar-refractivity contribution is 7.90. The standard InChI is InChI=1S/C29H27ClF2N2O4S.CH4/c1-39(37,38)22-7-9-26-19(14-22)15-23(28(35)34-26)27(18-3-5-20(30)6-4-18)29(36)10-11-33-21(16-29)12-17-2-8-24(31)25(32)13-17;/h2-9,13-15,21,27,33,36H,10-12,16H2,1H3,(H,34,35);1H4/t21-,27?,29?;/m0./s1. The molecule has 1 saturated heterocycles. The molecule has 2 unspecified atom stereocenters. The zero-order chi connectivity index (χ0) is 27.9. The number of halogens is 3. The van der Waals surface area contributed by atoms with Crippen LogP contribution in [0.2, 0.25) is 5.02 Å². The van der Waals surface area contributed by atoms with Crippen LogP contribution in [0.4, 0.5) is 8.78 Å². The summed E-state index contributed by atoms with van der Waals surface area (Å²) in [6.07, 6.45) is 2.00. The lowest BCUT2D eigenvalue weighted by Gasteiger charge is -2.43. The summed E-state index contributed by atoms with van der Waals surface area (Å²) in [4.78, 5) is 16.4. The molecule has 5 rings (SSSR count). The third-order valence-electron chi connectivity index (χ3n) is 7.38. The van der Waals surface area contributed by atoms with E-state index in [9.17, 15) is 27.1 Å². The number of rotatable bonds is 6. The Morgan fingerprint density at radius 2 is 1.77 bits per heavy atom. The molecule has 4 aromatic rings. The number of benzene rings is 3. The maximum Gasteiger partial charge on any atom is 0.252 e. The van der Waals surface area contributed by atoms with Crippen molar-refractivity contribution < 1.29 is 22.3 Å². The molecule has 212 valence electrons. The molecular formula is C30H31ClF2N2O4S. The molecule has 1 fully saturated rings. The predicted molar refractivity (Wildman–Crippen MR) is 154 cm³/mol. The Balaban J connectivity index is 0.00000370. The van der Waals surface area contributed by atoms with E-state index in [1.165, 1.54) is 18.2 Å². The van der Waals surface area contributed by atoms with Gasteiger partial charge in [-0.25, -0.2) is 17.2 Å². The van der Waals surface area contributed by atoms with Gasteiger partial charge < -0.3 is 15.4 Å². The van der Waals surface area contributed by atoms with Gasteiger partial charge in [0, 0.05) is 34.3 Å². The normalized spacial score (nSPS) is 20.2. The van der Waals surface area contributed by atoms with E-state index in [1.807, 2.05) is 0 Å². The van der Waals surface area contributed by atoms with Crippen LogP contribution in [0.5, 0.6) is 0 Å². The Morgan fingerprint density at radius 3 is 2.45 bits per heavy atom. The molecule has 1 aliphatic rings. The molecule has 0 radical (unpaired) electrons. The Kier molecular flexibility index (Phi) is 8.52. The van der Waals surface area contributed by atoms with Gasteiger partial charge in [-0.3, -0.25) is 4.79 Å². The number of fused-ring (bicyclic) bond motifs is 1. The number of H-pyrrole nitrogens is 1. The second-order valence-electron chi connectivity index (χ2n) is 10.2. The van der Waals surface area contributed by atoms with Crippen molar-refractivity contribution >= 4 is 32.3 Å². The van der Waals surface area contributed by atoms with Crippen molar-refractivity contribution in [2.75, 3.05) is 12.8 Å². The summed E-state index contributed by atoms with van der Waals surface area (Å²) in [6, 6.07) is 16.5. The summed E-state index contributed by atoms with van der Waals surface area (Å²) < 4.78 is 51.6. The number of piperidine rings is 1. The van der Waals surface area contributed by atoms with Crippen molar-refractivity contribution in [3.63, 3.8) is 0 Å². The lowest BCUT2D eigenvalue weighted by Crippen LogP contribution is -2.52. The molecule has 0 spiro atoms. The van der Waals surface area contributed by atoms with E-state index in [0.29, 0.717) is 46.4 Å². The smallest absolute Gasteiger partial charge is 0.252 e. The van der Waals surface area contributed by atoms with Crippen LogP contribution in [0.15, 0.2) is 76.4 Å². The first-order chi connectivity index (χ1) is 18.4. The SMILES string of the molecule is C.CS(=O)(=O)c1ccc2[nH]c(=O)c(C(c3ccc(Cl)cc3)C3(O)CCN[C@@H](Cc4ccc(F)c(F)c4)C3)cc2c1. The lowest BCUT2D eigenvalue weighted by molar-refractivity contribution is -0.0188. The van der Waals surface area contributed by atoms with Gasteiger partial charge in [-0.1, -0.05) is 37.2 Å². The number of aromatic amines is 1. The maximum atomic E-state index is 13.8. The minimum absolute atomic E-state index is 0. The van der Waals surface area contributed by atoms with E-state index in [-0.39, 0.29) is 30.3 Å². The number of hydrogen-bond acceptors (Lipinski definition) is 5. The molecule has 0 saturated carbocycles. The van der Waals surface area contributed by atoms with Crippen molar-refractivity contribution in [1.82, 2.24) is 10.3 Å². The first-order valence-electron chi connectivity index (χ1n) is 12.5. The average Bonchev–Trinajstić information content (AvgIpc) is 2.87. The lowest BCUT2D eigenvalue weighted by atomic mass is 9.70. The van der Waals surface area contributed by atoms with Crippen LogP contribution in [-0.4, -0.2) is 43.0 Å². The summed E-state index contributed by atoms with van der Waals surface area (Å²) in [5.41, 5.74) is 0.206. The van der Waals surface area contributed by atoms with E-state index in [4.69, 9.17) is 11.6 Å². The highest BCUT2D eigenvalue weighted by Gasteiger charge is 2.44. The Hall–Kier alpha value is -3.11. The zero-order valence-corrected chi connectivity index (χ0v) is 22.6. The molecular weight excluding hydrogens is 558 g/mol. The van der Waals surface area contributed by atoms with E-state index in [2.05, 4.69) is 10.3 Å². The number of pyridine rings is 1. The molecule has 3 atom stereocenters. The fourth-order valence-corrected chi connectivity index (χ4v) is 6.31. The fourth-order valence-electron chi connectivity index (χ4n) is 5.53. The van der Waals surface area contributed by atoms with Crippen LogP contribution < -0.4 is 10.9 Å². The first-order valence-corrected chi connectivity index (χ1v) is 14.7. The second kappa shape index (κ2) is 11.4. The number of hydrogen-bond donors (Lipinski definition) is 3. The monoisotopic (exact) mass is 588 g/mol. The van der Waals surface area contributed by atoms with Gasteiger partial charge >= 0.3 is 0 Å². The van der Waals surface area contributed by atoms with Crippen LogP contribution >= 0.6 is 11.6 Å². The van der Waals surface area contributed by atoms with Crippen LogP contribution in [0.1, 0.15) is 42.9 Å². The van der Waals surface area contributed by atoms with Gasteiger partial charge in [0.05, 0.1) is 10.5 Å². The van der Waals surface area contributed by atoms with Crippen molar-refractivity contribution in [2.24, 2.45) is 0 Å². The number of sulfone groups is 1. The van der Waals surface area contributed by atoms with Crippen molar-refractivity contribution in [1.29, 1.82) is 0 Å². The number of nitrogens with one attached hydrogen (secondary N) is 2. The molecule has 6 nitrogen and oxygen atoms in total. The topological polar surface area (TPSA) is 99.3 Å².